The summed E-state index contributed by atoms with van der Waals surface area (Å²) in [4.78, 5) is 24.7. The molecule has 0 unspecified atom stereocenters. The maximum atomic E-state index is 12.4. The van der Waals surface area contributed by atoms with Crippen LogP contribution in [-0.4, -0.2) is 62.1 Å². The Morgan fingerprint density at radius 3 is 2.77 bits per heavy atom. The molecule has 0 saturated carbocycles. The van der Waals surface area contributed by atoms with Gasteiger partial charge in [0.05, 0.1) is 32.3 Å². The molecule has 0 radical (unpaired) electrons. The molecule has 164 valence electrons. The summed E-state index contributed by atoms with van der Waals surface area (Å²) in [5.41, 5.74) is 0.937. The molecule has 30 heavy (non-hydrogen) atoms. The van der Waals surface area contributed by atoms with E-state index in [1.165, 1.54) is 0 Å². The number of aliphatic hydroxyl groups excluding tert-OH is 1. The highest BCUT2D eigenvalue weighted by atomic mass is 16.5. The minimum atomic E-state index is -0.588. The van der Waals surface area contributed by atoms with E-state index in [0.717, 1.165) is 11.3 Å². The van der Waals surface area contributed by atoms with E-state index in [9.17, 15) is 14.7 Å². The van der Waals surface area contributed by atoms with Crippen molar-refractivity contribution in [3.8, 4) is 5.75 Å². The van der Waals surface area contributed by atoms with Crippen LogP contribution < -0.4 is 15.4 Å². The highest BCUT2D eigenvalue weighted by molar-refractivity contribution is 5.79. The van der Waals surface area contributed by atoms with Crippen LogP contribution in [0.4, 0.5) is 0 Å². The van der Waals surface area contributed by atoms with Crippen LogP contribution >= 0.6 is 0 Å². The number of hydrogen-bond acceptors (Lipinski definition) is 6. The third kappa shape index (κ3) is 6.29. The Morgan fingerprint density at radius 1 is 1.23 bits per heavy atom. The van der Waals surface area contributed by atoms with Gasteiger partial charge in [0.25, 0.3) is 0 Å². The quantitative estimate of drug-likeness (QED) is 0.543. The molecule has 8 heteroatoms. The van der Waals surface area contributed by atoms with E-state index in [4.69, 9.17) is 14.2 Å². The zero-order valence-electron chi connectivity index (χ0n) is 17.2. The summed E-state index contributed by atoms with van der Waals surface area (Å²) in [6.07, 6.45) is 4.07. The Hall–Kier alpha value is -2.42. The molecule has 2 heterocycles. The summed E-state index contributed by atoms with van der Waals surface area (Å²) in [6.45, 7) is 1.32. The molecule has 3 atom stereocenters. The monoisotopic (exact) mass is 418 g/mol. The Kier molecular flexibility index (Phi) is 8.24. The van der Waals surface area contributed by atoms with Gasteiger partial charge in [0, 0.05) is 25.7 Å². The van der Waals surface area contributed by atoms with E-state index in [1.807, 2.05) is 30.3 Å². The number of nitrogens with one attached hydrogen (secondary N) is 2. The van der Waals surface area contributed by atoms with Crippen molar-refractivity contribution in [2.24, 2.45) is 5.92 Å². The predicted molar refractivity (Wildman–Crippen MR) is 110 cm³/mol. The first-order valence-corrected chi connectivity index (χ1v) is 10.3. The van der Waals surface area contributed by atoms with Gasteiger partial charge >= 0.3 is 0 Å². The van der Waals surface area contributed by atoms with Crippen molar-refractivity contribution in [2.45, 2.75) is 44.1 Å². The predicted octanol–water partition coefficient (Wildman–Crippen LogP) is 0.929. The molecular formula is C22H30N2O6. The number of rotatable bonds is 8. The first-order chi connectivity index (χ1) is 14.6. The number of benzene rings is 1. The largest absolute Gasteiger partial charge is 0.497 e. The molecule has 0 spiro atoms. The van der Waals surface area contributed by atoms with Crippen molar-refractivity contribution in [3.05, 3.63) is 42.0 Å². The lowest BCUT2D eigenvalue weighted by molar-refractivity contribution is -0.132. The van der Waals surface area contributed by atoms with Crippen LogP contribution in [0.25, 0.3) is 0 Å². The summed E-state index contributed by atoms with van der Waals surface area (Å²) in [7, 11) is 1.60. The van der Waals surface area contributed by atoms with Gasteiger partial charge in [0.1, 0.15) is 11.9 Å². The van der Waals surface area contributed by atoms with Crippen molar-refractivity contribution in [3.63, 3.8) is 0 Å². The van der Waals surface area contributed by atoms with Crippen LogP contribution in [0.2, 0.25) is 0 Å². The third-order valence-electron chi connectivity index (χ3n) is 5.37. The normalized spacial score (nSPS) is 24.3. The summed E-state index contributed by atoms with van der Waals surface area (Å²) in [5.74, 6) is 0.449. The number of methoxy groups -OCH3 is 1. The van der Waals surface area contributed by atoms with E-state index in [0.29, 0.717) is 32.6 Å². The van der Waals surface area contributed by atoms with Crippen LogP contribution in [0.15, 0.2) is 36.4 Å². The fraction of sp³-hybridized carbons (Fsp3) is 0.545. The summed E-state index contributed by atoms with van der Waals surface area (Å²) >= 11 is 0. The van der Waals surface area contributed by atoms with Crippen LogP contribution in [0.5, 0.6) is 5.75 Å². The fourth-order valence-corrected chi connectivity index (χ4v) is 3.62. The van der Waals surface area contributed by atoms with Crippen LogP contribution in [0.3, 0.4) is 0 Å². The lowest BCUT2D eigenvalue weighted by Gasteiger charge is -2.33. The molecule has 0 aromatic heterocycles. The van der Waals surface area contributed by atoms with Gasteiger partial charge in [-0.3, -0.25) is 9.59 Å². The van der Waals surface area contributed by atoms with Gasteiger partial charge in [-0.1, -0.05) is 24.3 Å². The highest BCUT2D eigenvalue weighted by Crippen LogP contribution is 2.19. The van der Waals surface area contributed by atoms with Crippen LogP contribution in [0.1, 0.15) is 24.8 Å². The molecule has 1 aromatic carbocycles. The molecule has 3 rings (SSSR count). The van der Waals surface area contributed by atoms with Gasteiger partial charge in [-0.05, 0) is 30.5 Å². The molecule has 2 aliphatic heterocycles. The summed E-state index contributed by atoms with van der Waals surface area (Å²) in [5, 5.41) is 15.5. The van der Waals surface area contributed by atoms with Gasteiger partial charge in [-0.15, -0.1) is 0 Å². The molecule has 8 nitrogen and oxygen atoms in total. The molecule has 1 aromatic rings. The van der Waals surface area contributed by atoms with E-state index in [1.54, 1.807) is 13.2 Å². The second kappa shape index (κ2) is 11.1. The maximum Gasteiger partial charge on any atom is 0.223 e. The molecule has 2 aliphatic rings. The number of aliphatic hydroxyl groups is 1. The molecule has 1 saturated heterocycles. The van der Waals surface area contributed by atoms with E-state index >= 15 is 0 Å². The first kappa shape index (κ1) is 22.3. The summed E-state index contributed by atoms with van der Waals surface area (Å²) < 4.78 is 16.3. The molecule has 2 amide bonds. The zero-order valence-corrected chi connectivity index (χ0v) is 17.2. The van der Waals surface area contributed by atoms with Gasteiger partial charge in [-0.25, -0.2) is 0 Å². The maximum absolute atomic E-state index is 12.4. The first-order valence-electron chi connectivity index (χ1n) is 10.3. The zero-order chi connectivity index (χ0) is 21.3. The molecule has 1 fully saturated rings. The number of amides is 2. The molecule has 0 aliphatic carbocycles. The van der Waals surface area contributed by atoms with Crippen molar-refractivity contribution in [1.29, 1.82) is 0 Å². The Bertz CT molecular complexity index is 747. The van der Waals surface area contributed by atoms with Gasteiger partial charge in [0.15, 0.2) is 0 Å². The van der Waals surface area contributed by atoms with Crippen LogP contribution in [-0.2, 0) is 25.6 Å². The average molecular weight is 418 g/mol. The average Bonchev–Trinajstić information content (AvgIpc) is 2.79. The molecule has 3 N–H and O–H groups in total. The van der Waals surface area contributed by atoms with Gasteiger partial charge < -0.3 is 30.0 Å². The second-order valence-corrected chi connectivity index (χ2v) is 7.53. The fourth-order valence-electron chi connectivity index (χ4n) is 3.62. The smallest absolute Gasteiger partial charge is 0.223 e. The Balaban J connectivity index is 1.48. The molecule has 0 bridgehead atoms. The topological polar surface area (TPSA) is 106 Å². The highest BCUT2D eigenvalue weighted by Gasteiger charge is 2.31. The summed E-state index contributed by atoms with van der Waals surface area (Å²) in [6, 6.07) is 7.08. The molecular weight excluding hydrogens is 388 g/mol. The van der Waals surface area contributed by atoms with Crippen molar-refractivity contribution in [1.82, 2.24) is 10.6 Å². The Morgan fingerprint density at radius 2 is 2.03 bits per heavy atom. The number of carbonyl (C=O) groups excluding carboxylic acids is 2. The second-order valence-electron chi connectivity index (χ2n) is 7.53. The van der Waals surface area contributed by atoms with Crippen LogP contribution in [0, 0.1) is 5.92 Å². The van der Waals surface area contributed by atoms with E-state index in [-0.39, 0.29) is 30.8 Å². The van der Waals surface area contributed by atoms with Gasteiger partial charge in [0.2, 0.25) is 11.8 Å². The van der Waals surface area contributed by atoms with E-state index < -0.39 is 18.2 Å². The third-order valence-corrected chi connectivity index (χ3v) is 5.37. The van der Waals surface area contributed by atoms with Gasteiger partial charge in [-0.2, -0.15) is 0 Å². The minimum absolute atomic E-state index is 0.0514. The number of ether oxygens (including phenoxy) is 3. The number of hydrogen-bond donors (Lipinski definition) is 3. The standard InChI is InChI=1S/C22H30N2O6/c1-28-17-4-2-3-15(11-17)13-23-21(26)12-18-5-6-19(20(14-25)30-18)24-22(27)16-7-9-29-10-8-16/h2-6,11,16,18-20,25H,7-10,12-14H2,1H3,(H,23,26)(H,24,27)/t18-,19+,20+/m1/s1. The SMILES string of the molecule is COc1cccc(CNC(=O)C[C@H]2C=C[C@H](NC(=O)C3CCOCC3)[C@H](CO)O2)c1. The lowest BCUT2D eigenvalue weighted by atomic mass is 9.97. The van der Waals surface area contributed by atoms with Crippen molar-refractivity contribution < 1.29 is 28.9 Å². The van der Waals surface area contributed by atoms with Crippen molar-refractivity contribution >= 4 is 11.8 Å². The minimum Gasteiger partial charge on any atom is -0.497 e. The van der Waals surface area contributed by atoms with E-state index in [2.05, 4.69) is 10.6 Å². The Labute approximate surface area is 176 Å². The lowest BCUT2D eigenvalue weighted by Crippen LogP contribution is -2.50. The van der Waals surface area contributed by atoms with Crippen molar-refractivity contribution in [2.75, 3.05) is 26.9 Å². The number of carbonyl (C=O) groups is 2.